The Labute approximate surface area is 102 Å². The van der Waals surface area contributed by atoms with Gasteiger partial charge >= 0.3 is 0 Å². The third kappa shape index (κ3) is 1.04. The van der Waals surface area contributed by atoms with Crippen molar-refractivity contribution in [1.29, 1.82) is 0 Å². The molecule has 1 unspecified atom stereocenters. The lowest BCUT2D eigenvalue weighted by molar-refractivity contribution is -0.765. The number of hydroxylamine groups is 1. The maximum Gasteiger partial charge on any atom is 0.256 e. The van der Waals surface area contributed by atoms with Crippen molar-refractivity contribution in [2.45, 2.75) is 0 Å². The van der Waals surface area contributed by atoms with E-state index in [1.807, 2.05) is 30.3 Å². The molecule has 4 nitrogen and oxygen atoms in total. The smallest absolute Gasteiger partial charge is 0.256 e. The molecule has 4 rings (SSSR count). The van der Waals surface area contributed by atoms with Gasteiger partial charge in [-0.25, -0.2) is 0 Å². The minimum Gasteiger partial charge on any atom is -0.629 e. The van der Waals surface area contributed by atoms with Crippen molar-refractivity contribution in [1.82, 2.24) is 4.40 Å². The highest BCUT2D eigenvalue weighted by Crippen LogP contribution is 2.18. The Morgan fingerprint density at radius 1 is 1.17 bits per heavy atom. The highest BCUT2D eigenvalue weighted by Gasteiger charge is 2.19. The van der Waals surface area contributed by atoms with Gasteiger partial charge < -0.3 is 10.3 Å². The number of rotatable bonds is 0. The summed E-state index contributed by atoms with van der Waals surface area (Å²) >= 11 is 0. The number of quaternary nitrogens is 1. The van der Waals surface area contributed by atoms with Crippen LogP contribution in [0.25, 0.3) is 22.5 Å². The maximum atomic E-state index is 12.0. The first kappa shape index (κ1) is 9.82. The molecule has 88 valence electrons. The van der Waals surface area contributed by atoms with E-state index in [9.17, 15) is 10.0 Å². The second kappa shape index (κ2) is 3.19. The number of nitrogens with zero attached hydrogens (tertiary/aromatic N) is 1. The standard InChI is InChI=1S/C14H10N2O2/c17-13-6-5-12-14-10(7-8-15(12)18)9-3-1-2-4-11(9)16(13)14/h1-7,15H,8H2. The Morgan fingerprint density at radius 2 is 2.00 bits per heavy atom. The van der Waals surface area contributed by atoms with Crippen LogP contribution in [0, 0.1) is 5.21 Å². The predicted molar refractivity (Wildman–Crippen MR) is 69.7 cm³/mol. The SMILES string of the molecule is O=c1ccc2c3c(c4ccccc4n13)=CC[NH+]2[O-]. The first-order valence-corrected chi connectivity index (χ1v) is 5.87. The van der Waals surface area contributed by atoms with E-state index in [1.165, 1.54) is 6.07 Å². The van der Waals surface area contributed by atoms with E-state index in [-0.39, 0.29) is 10.6 Å². The number of pyridine rings is 1. The Kier molecular flexibility index (Phi) is 1.74. The van der Waals surface area contributed by atoms with Gasteiger partial charge in [-0.05, 0) is 12.1 Å². The molecule has 0 amide bonds. The normalized spacial score (nSPS) is 18.2. The van der Waals surface area contributed by atoms with E-state index >= 15 is 0 Å². The summed E-state index contributed by atoms with van der Waals surface area (Å²) < 4.78 is 1.65. The van der Waals surface area contributed by atoms with Crippen LogP contribution < -0.4 is 15.8 Å². The first-order chi connectivity index (χ1) is 8.77. The molecule has 3 aromatic rings. The van der Waals surface area contributed by atoms with E-state index in [0.29, 0.717) is 12.2 Å². The third-order valence-corrected chi connectivity index (χ3v) is 3.57. The van der Waals surface area contributed by atoms with Crippen molar-refractivity contribution in [3.8, 4) is 0 Å². The van der Waals surface area contributed by atoms with Gasteiger partial charge in [0.2, 0.25) is 0 Å². The van der Waals surface area contributed by atoms with E-state index in [0.717, 1.165) is 21.6 Å². The van der Waals surface area contributed by atoms with Crippen molar-refractivity contribution in [2.24, 2.45) is 0 Å². The van der Waals surface area contributed by atoms with Crippen LogP contribution in [0.1, 0.15) is 0 Å². The summed E-state index contributed by atoms with van der Waals surface area (Å²) in [6.07, 6.45) is 1.92. The Morgan fingerprint density at radius 3 is 2.89 bits per heavy atom. The molecular weight excluding hydrogens is 228 g/mol. The highest BCUT2D eigenvalue weighted by molar-refractivity contribution is 5.92. The number of aromatic nitrogens is 1. The Hall–Kier alpha value is -2.17. The summed E-state index contributed by atoms with van der Waals surface area (Å²) in [7, 11) is 0. The van der Waals surface area contributed by atoms with Crippen molar-refractivity contribution in [3.63, 3.8) is 0 Å². The zero-order valence-corrected chi connectivity index (χ0v) is 9.51. The molecule has 1 N–H and O–H groups in total. The van der Waals surface area contributed by atoms with Crippen molar-refractivity contribution in [3.05, 3.63) is 57.2 Å². The van der Waals surface area contributed by atoms with Gasteiger partial charge in [-0.3, -0.25) is 9.20 Å². The molecule has 1 aromatic carbocycles. The molecule has 2 aromatic heterocycles. The predicted octanol–water partition coefficient (Wildman–Crippen LogP) is -0.0201. The molecule has 18 heavy (non-hydrogen) atoms. The highest BCUT2D eigenvalue weighted by atomic mass is 16.5. The molecule has 3 heterocycles. The summed E-state index contributed by atoms with van der Waals surface area (Å²) in [6, 6.07) is 10.9. The van der Waals surface area contributed by atoms with Gasteiger partial charge in [-0.1, -0.05) is 18.2 Å². The van der Waals surface area contributed by atoms with Gasteiger partial charge in [0.25, 0.3) is 5.56 Å². The lowest BCUT2D eigenvalue weighted by Crippen LogP contribution is -3.02. The van der Waals surface area contributed by atoms with Gasteiger partial charge in [0, 0.05) is 22.7 Å². The topological polar surface area (TPSA) is 49.0 Å². The monoisotopic (exact) mass is 238 g/mol. The molecule has 0 spiro atoms. The fourth-order valence-electron chi connectivity index (χ4n) is 2.80. The van der Waals surface area contributed by atoms with Gasteiger partial charge in [-0.2, -0.15) is 0 Å². The molecular formula is C14H10N2O2. The summed E-state index contributed by atoms with van der Waals surface area (Å²) in [5.74, 6) is 0. The number of fused-ring (bicyclic) bond motifs is 3. The van der Waals surface area contributed by atoms with Gasteiger partial charge in [0.15, 0.2) is 5.69 Å². The fraction of sp³-hybridized carbons (Fsp3) is 0.0714. The van der Waals surface area contributed by atoms with Crippen molar-refractivity contribution in [2.75, 3.05) is 6.54 Å². The van der Waals surface area contributed by atoms with Gasteiger partial charge in [0.1, 0.15) is 12.1 Å². The molecule has 0 saturated heterocycles. The number of hydrogen-bond acceptors (Lipinski definition) is 2. The lowest BCUT2D eigenvalue weighted by Gasteiger charge is -2.23. The van der Waals surface area contributed by atoms with Crippen LogP contribution in [0.5, 0.6) is 0 Å². The average molecular weight is 238 g/mol. The van der Waals surface area contributed by atoms with Crippen LogP contribution >= 0.6 is 0 Å². The van der Waals surface area contributed by atoms with E-state index < -0.39 is 0 Å². The van der Waals surface area contributed by atoms with Crippen LogP contribution in [0.2, 0.25) is 0 Å². The third-order valence-electron chi connectivity index (χ3n) is 3.57. The van der Waals surface area contributed by atoms with Gasteiger partial charge in [-0.15, -0.1) is 0 Å². The van der Waals surface area contributed by atoms with Crippen LogP contribution in [-0.4, -0.2) is 10.9 Å². The zero-order chi connectivity index (χ0) is 12.3. The maximum absolute atomic E-state index is 12.0. The summed E-state index contributed by atoms with van der Waals surface area (Å²) in [4.78, 5) is 12.0. The average Bonchev–Trinajstić information content (AvgIpc) is 2.72. The quantitative estimate of drug-likeness (QED) is 0.560. The largest absolute Gasteiger partial charge is 0.629 e. The van der Waals surface area contributed by atoms with Crippen molar-refractivity contribution >= 4 is 28.2 Å². The summed E-state index contributed by atoms with van der Waals surface area (Å²) in [6.45, 7) is 0.412. The van der Waals surface area contributed by atoms with Crippen LogP contribution in [0.3, 0.4) is 0 Å². The number of para-hydroxylation sites is 1. The number of hydrogen-bond donors (Lipinski definition) is 1. The lowest BCUT2D eigenvalue weighted by atomic mass is 10.1. The fourth-order valence-corrected chi connectivity index (χ4v) is 2.80. The Bertz CT molecular complexity index is 895. The van der Waals surface area contributed by atoms with E-state index in [1.54, 1.807) is 10.5 Å². The van der Waals surface area contributed by atoms with Crippen LogP contribution in [-0.2, 0) is 0 Å². The molecule has 0 saturated carbocycles. The zero-order valence-electron chi connectivity index (χ0n) is 9.51. The Balaban J connectivity index is 2.46. The molecule has 1 aliphatic rings. The molecule has 1 atom stereocenters. The summed E-state index contributed by atoms with van der Waals surface area (Å²) in [5, 5.41) is 14.0. The molecule has 0 bridgehead atoms. The molecule has 1 aliphatic heterocycles. The van der Waals surface area contributed by atoms with Crippen LogP contribution in [0.15, 0.2) is 41.2 Å². The number of nitrogens with one attached hydrogen (secondary N) is 1. The first-order valence-electron chi connectivity index (χ1n) is 5.87. The molecule has 0 aliphatic carbocycles. The summed E-state index contributed by atoms with van der Waals surface area (Å²) in [5.41, 5.74) is 2.21. The minimum absolute atomic E-state index is 0.0790. The van der Waals surface area contributed by atoms with E-state index in [4.69, 9.17) is 0 Å². The second-order valence-corrected chi connectivity index (χ2v) is 4.53. The second-order valence-electron chi connectivity index (χ2n) is 4.53. The minimum atomic E-state index is -0.0840. The van der Waals surface area contributed by atoms with Gasteiger partial charge in [0.05, 0.1) is 5.52 Å². The van der Waals surface area contributed by atoms with Crippen LogP contribution in [0.4, 0.5) is 5.69 Å². The molecule has 0 fully saturated rings. The molecule has 4 heteroatoms. The van der Waals surface area contributed by atoms with Crippen molar-refractivity contribution < 1.29 is 5.06 Å². The molecule has 0 radical (unpaired) electrons. The van der Waals surface area contributed by atoms with E-state index in [2.05, 4.69) is 0 Å². The number of benzene rings is 1.